The highest BCUT2D eigenvalue weighted by molar-refractivity contribution is 9.09. The van der Waals surface area contributed by atoms with Crippen molar-refractivity contribution in [3.8, 4) is 0 Å². The van der Waals surface area contributed by atoms with Crippen LogP contribution in [0.15, 0.2) is 18.2 Å². The van der Waals surface area contributed by atoms with Crippen molar-refractivity contribution < 1.29 is 4.79 Å². The first-order valence-electron chi connectivity index (χ1n) is 6.74. The minimum Gasteiger partial charge on any atom is -0.328 e. The molecule has 0 bridgehead atoms. The number of amides is 1. The molecule has 0 radical (unpaired) electrons. The highest BCUT2D eigenvalue weighted by Gasteiger charge is 2.22. The van der Waals surface area contributed by atoms with E-state index in [9.17, 15) is 4.79 Å². The fourth-order valence-electron chi connectivity index (χ4n) is 2.96. The van der Waals surface area contributed by atoms with Crippen LogP contribution in [0.2, 0.25) is 0 Å². The summed E-state index contributed by atoms with van der Waals surface area (Å²) in [6.45, 7) is 0. The second-order valence-electron chi connectivity index (χ2n) is 4.91. The minimum atomic E-state index is 0.622. The number of alkyl halides is 1. The van der Waals surface area contributed by atoms with E-state index in [1.807, 2.05) is 12.1 Å². The molecule has 1 unspecified atom stereocenters. The summed E-state index contributed by atoms with van der Waals surface area (Å²) < 4.78 is 0. The Hall–Kier alpha value is -0.830. The van der Waals surface area contributed by atoms with Gasteiger partial charge in [0.1, 0.15) is 0 Å². The maximum atomic E-state index is 10.7. The molecule has 0 fully saturated rings. The monoisotopic (exact) mass is 309 g/mol. The van der Waals surface area contributed by atoms with Crippen molar-refractivity contribution in [3.63, 3.8) is 0 Å². The zero-order chi connectivity index (χ0) is 12.8. The van der Waals surface area contributed by atoms with Crippen LogP contribution in [0, 0.1) is 0 Å². The molecule has 2 rings (SSSR count). The SMILES string of the molecule is O=CNc1cccc2c1C(CCCCBr)CCC2. The third kappa shape index (κ3) is 3.14. The van der Waals surface area contributed by atoms with Crippen LogP contribution in [-0.4, -0.2) is 11.7 Å². The first-order chi connectivity index (χ1) is 8.86. The van der Waals surface area contributed by atoms with Crippen molar-refractivity contribution in [3.05, 3.63) is 29.3 Å². The van der Waals surface area contributed by atoms with Gasteiger partial charge in [-0.05, 0) is 55.2 Å². The molecule has 0 saturated carbocycles. The maximum Gasteiger partial charge on any atom is 0.211 e. The van der Waals surface area contributed by atoms with Crippen molar-refractivity contribution in [2.45, 2.75) is 44.4 Å². The summed E-state index contributed by atoms with van der Waals surface area (Å²) in [5.74, 6) is 0.622. The van der Waals surface area contributed by atoms with E-state index in [0.29, 0.717) is 5.92 Å². The Morgan fingerprint density at radius 1 is 1.39 bits per heavy atom. The highest BCUT2D eigenvalue weighted by Crippen LogP contribution is 2.39. The Labute approximate surface area is 117 Å². The van der Waals surface area contributed by atoms with E-state index in [1.54, 1.807) is 0 Å². The summed E-state index contributed by atoms with van der Waals surface area (Å²) in [4.78, 5) is 10.7. The standard InChI is InChI=1S/C15H20BrNO/c16-10-2-1-5-12-6-3-7-13-8-4-9-14(15(12)13)17-11-18/h4,8-9,11-12H,1-3,5-7,10H2,(H,17,18). The molecule has 1 aromatic rings. The molecular formula is C15H20BrNO. The molecule has 1 atom stereocenters. The second kappa shape index (κ2) is 6.93. The summed E-state index contributed by atoms with van der Waals surface area (Å²) in [6, 6.07) is 6.28. The fraction of sp³-hybridized carbons (Fsp3) is 0.533. The van der Waals surface area contributed by atoms with Crippen LogP contribution in [0.1, 0.15) is 49.1 Å². The van der Waals surface area contributed by atoms with E-state index in [1.165, 1.54) is 43.2 Å². The van der Waals surface area contributed by atoms with Crippen LogP contribution < -0.4 is 5.32 Å². The number of rotatable bonds is 6. The molecule has 3 heteroatoms. The van der Waals surface area contributed by atoms with Crippen LogP contribution in [0.4, 0.5) is 5.69 Å². The molecule has 0 spiro atoms. The fourth-order valence-corrected chi connectivity index (χ4v) is 3.36. The minimum absolute atomic E-state index is 0.622. The van der Waals surface area contributed by atoms with Crippen molar-refractivity contribution >= 4 is 28.0 Å². The number of unbranched alkanes of at least 4 members (excludes halogenated alkanes) is 1. The van der Waals surface area contributed by atoms with E-state index in [2.05, 4.69) is 27.3 Å². The Morgan fingerprint density at radius 3 is 3.06 bits per heavy atom. The zero-order valence-corrected chi connectivity index (χ0v) is 12.2. The molecular weight excluding hydrogens is 290 g/mol. The molecule has 1 aromatic carbocycles. The summed E-state index contributed by atoms with van der Waals surface area (Å²) in [7, 11) is 0. The third-order valence-electron chi connectivity index (χ3n) is 3.75. The Morgan fingerprint density at radius 2 is 2.28 bits per heavy atom. The average Bonchev–Trinajstić information content (AvgIpc) is 2.40. The van der Waals surface area contributed by atoms with Gasteiger partial charge in [0, 0.05) is 11.0 Å². The number of halogens is 1. The van der Waals surface area contributed by atoms with Gasteiger partial charge in [0.2, 0.25) is 6.41 Å². The van der Waals surface area contributed by atoms with Crippen molar-refractivity contribution in [1.82, 2.24) is 0 Å². The van der Waals surface area contributed by atoms with Gasteiger partial charge in [-0.1, -0.05) is 34.5 Å². The molecule has 0 saturated heterocycles. The van der Waals surface area contributed by atoms with Crippen molar-refractivity contribution in [2.24, 2.45) is 0 Å². The van der Waals surface area contributed by atoms with Gasteiger partial charge in [-0.25, -0.2) is 0 Å². The number of nitrogens with one attached hydrogen (secondary N) is 1. The predicted octanol–water partition coefficient (Wildman–Crippen LogP) is 4.24. The zero-order valence-electron chi connectivity index (χ0n) is 10.6. The van der Waals surface area contributed by atoms with Crippen LogP contribution in [0.3, 0.4) is 0 Å². The predicted molar refractivity (Wildman–Crippen MR) is 79.5 cm³/mol. The lowest BCUT2D eigenvalue weighted by molar-refractivity contribution is -0.105. The highest BCUT2D eigenvalue weighted by atomic mass is 79.9. The maximum absolute atomic E-state index is 10.7. The number of anilines is 1. The number of benzene rings is 1. The molecule has 2 nitrogen and oxygen atoms in total. The van der Waals surface area contributed by atoms with E-state index in [0.717, 1.165) is 23.8 Å². The average molecular weight is 310 g/mol. The second-order valence-corrected chi connectivity index (χ2v) is 5.71. The topological polar surface area (TPSA) is 29.1 Å². The van der Waals surface area contributed by atoms with Crippen LogP contribution in [0.5, 0.6) is 0 Å². The molecule has 1 N–H and O–H groups in total. The molecule has 1 aliphatic rings. The van der Waals surface area contributed by atoms with Gasteiger partial charge in [-0.15, -0.1) is 0 Å². The first-order valence-corrected chi connectivity index (χ1v) is 7.87. The van der Waals surface area contributed by atoms with Gasteiger partial charge in [0.15, 0.2) is 0 Å². The van der Waals surface area contributed by atoms with Crippen LogP contribution in [0.25, 0.3) is 0 Å². The number of carbonyl (C=O) groups excluding carboxylic acids is 1. The molecule has 1 amide bonds. The number of aryl methyl sites for hydroxylation is 1. The quantitative estimate of drug-likeness (QED) is 0.475. The van der Waals surface area contributed by atoms with Gasteiger partial charge in [0.05, 0.1) is 0 Å². The molecule has 98 valence electrons. The Balaban J connectivity index is 2.19. The van der Waals surface area contributed by atoms with Gasteiger partial charge in [-0.2, -0.15) is 0 Å². The van der Waals surface area contributed by atoms with E-state index in [-0.39, 0.29) is 0 Å². The summed E-state index contributed by atoms with van der Waals surface area (Å²) in [5.41, 5.74) is 3.84. The van der Waals surface area contributed by atoms with Crippen molar-refractivity contribution in [1.29, 1.82) is 0 Å². The van der Waals surface area contributed by atoms with Crippen LogP contribution in [-0.2, 0) is 11.2 Å². The number of fused-ring (bicyclic) bond motifs is 1. The number of hydrogen-bond donors (Lipinski definition) is 1. The third-order valence-corrected chi connectivity index (χ3v) is 4.31. The summed E-state index contributed by atoms with van der Waals surface area (Å²) in [5, 5.41) is 3.95. The summed E-state index contributed by atoms with van der Waals surface area (Å²) in [6.07, 6.45) is 8.19. The lowest BCUT2D eigenvalue weighted by Gasteiger charge is -2.27. The molecule has 1 aliphatic carbocycles. The smallest absolute Gasteiger partial charge is 0.211 e. The van der Waals surface area contributed by atoms with E-state index in [4.69, 9.17) is 0 Å². The van der Waals surface area contributed by atoms with Crippen molar-refractivity contribution in [2.75, 3.05) is 10.6 Å². The molecule has 0 aromatic heterocycles. The molecule has 0 heterocycles. The van der Waals surface area contributed by atoms with Gasteiger partial charge in [0.25, 0.3) is 0 Å². The first kappa shape index (κ1) is 13.6. The van der Waals surface area contributed by atoms with Gasteiger partial charge < -0.3 is 5.32 Å². The van der Waals surface area contributed by atoms with Gasteiger partial charge in [-0.3, -0.25) is 4.79 Å². The Bertz CT molecular complexity index is 405. The summed E-state index contributed by atoms with van der Waals surface area (Å²) >= 11 is 3.49. The molecule has 18 heavy (non-hydrogen) atoms. The largest absolute Gasteiger partial charge is 0.328 e. The van der Waals surface area contributed by atoms with E-state index < -0.39 is 0 Å². The number of hydrogen-bond acceptors (Lipinski definition) is 1. The van der Waals surface area contributed by atoms with Crippen LogP contribution >= 0.6 is 15.9 Å². The van der Waals surface area contributed by atoms with E-state index >= 15 is 0 Å². The normalized spacial score (nSPS) is 18.2. The Kier molecular flexibility index (Phi) is 5.24. The lowest BCUT2D eigenvalue weighted by Crippen LogP contribution is -2.13. The lowest BCUT2D eigenvalue weighted by atomic mass is 9.79. The van der Waals surface area contributed by atoms with Gasteiger partial charge >= 0.3 is 0 Å². The number of carbonyl (C=O) groups is 1. The molecule has 0 aliphatic heterocycles.